The number of nitroso groups, excluding NO2 is 1. The van der Waals surface area contributed by atoms with E-state index in [4.69, 9.17) is 10.00 Å². The summed E-state index contributed by atoms with van der Waals surface area (Å²) in [6.07, 6.45) is 4.83. The highest BCUT2D eigenvalue weighted by molar-refractivity contribution is 7.18. The van der Waals surface area contributed by atoms with Gasteiger partial charge >= 0.3 is 0 Å². The maximum Gasteiger partial charge on any atom is 0.286 e. The Bertz CT molecular complexity index is 1090. The maximum absolute atomic E-state index is 13.1. The summed E-state index contributed by atoms with van der Waals surface area (Å²) >= 11 is 1.23. The molecule has 0 aromatic carbocycles. The number of piperidine rings is 1. The van der Waals surface area contributed by atoms with E-state index in [1.165, 1.54) is 11.3 Å². The number of ether oxygens (including phenoxy) is 1. The molecule has 146 valence electrons. The molecule has 1 fully saturated rings. The molecule has 0 unspecified atom stereocenters. The Morgan fingerprint density at radius 1 is 1.34 bits per heavy atom. The Balaban J connectivity index is 1.64. The molecule has 4 heterocycles. The fraction of sp³-hybridized carbons (Fsp3) is 0.316. The summed E-state index contributed by atoms with van der Waals surface area (Å²) in [7, 11) is 0. The largest absolute Gasteiger partial charge is 0.427 e. The van der Waals surface area contributed by atoms with Gasteiger partial charge in [-0.1, -0.05) is 6.07 Å². The molecule has 29 heavy (non-hydrogen) atoms. The molecule has 0 N–H and O–H groups in total. The van der Waals surface area contributed by atoms with Gasteiger partial charge in [0.05, 0.1) is 5.56 Å². The van der Waals surface area contributed by atoms with Crippen LogP contribution in [0.2, 0.25) is 0 Å². The van der Waals surface area contributed by atoms with Crippen LogP contribution < -0.4 is 0 Å². The smallest absolute Gasteiger partial charge is 0.286 e. The lowest BCUT2D eigenvalue weighted by Gasteiger charge is -2.31. The Morgan fingerprint density at radius 3 is 2.86 bits per heavy atom. The standard InChI is InChI=1S/C19H16N6O3S/c20-11-28-9-12-4-7-25(8-5-12)19(26)13-10-29-16-15(13)22-17(23-18(16)24-27)14-3-1-2-6-21-14/h1-3,6,10,12H,4-5,7-9H2. The van der Waals surface area contributed by atoms with Crippen LogP contribution in [0.15, 0.2) is 35.0 Å². The van der Waals surface area contributed by atoms with Crippen LogP contribution in [-0.2, 0) is 4.74 Å². The van der Waals surface area contributed by atoms with Crippen molar-refractivity contribution in [1.82, 2.24) is 19.9 Å². The van der Waals surface area contributed by atoms with Gasteiger partial charge in [-0.2, -0.15) is 5.26 Å². The van der Waals surface area contributed by atoms with Gasteiger partial charge in [0, 0.05) is 24.7 Å². The lowest BCUT2D eigenvalue weighted by molar-refractivity contribution is 0.0650. The molecule has 0 saturated carbocycles. The van der Waals surface area contributed by atoms with Crippen molar-refractivity contribution in [2.45, 2.75) is 12.8 Å². The van der Waals surface area contributed by atoms with Crippen molar-refractivity contribution in [3.05, 3.63) is 40.2 Å². The predicted octanol–water partition coefficient (Wildman–Crippen LogP) is 3.50. The number of aromatic nitrogens is 3. The van der Waals surface area contributed by atoms with Crippen LogP contribution in [0.1, 0.15) is 23.2 Å². The number of carbonyl (C=O) groups excluding carboxylic acids is 1. The number of likely N-dealkylation sites (tertiary alicyclic amines) is 1. The van der Waals surface area contributed by atoms with Crippen molar-refractivity contribution in [2.75, 3.05) is 19.7 Å². The van der Waals surface area contributed by atoms with Crippen molar-refractivity contribution >= 4 is 33.3 Å². The zero-order valence-corrected chi connectivity index (χ0v) is 16.1. The fourth-order valence-electron chi connectivity index (χ4n) is 3.35. The van der Waals surface area contributed by atoms with E-state index < -0.39 is 0 Å². The molecular formula is C19H16N6O3S. The molecule has 0 spiro atoms. The Kier molecular flexibility index (Phi) is 5.39. The number of rotatable bonds is 5. The first-order valence-corrected chi connectivity index (χ1v) is 9.93. The van der Waals surface area contributed by atoms with Crippen LogP contribution in [0.3, 0.4) is 0 Å². The first-order valence-electron chi connectivity index (χ1n) is 9.05. The third-order valence-electron chi connectivity index (χ3n) is 4.89. The molecule has 1 aliphatic rings. The lowest BCUT2D eigenvalue weighted by Crippen LogP contribution is -2.39. The number of hydrogen-bond donors (Lipinski definition) is 0. The van der Waals surface area contributed by atoms with E-state index in [1.807, 2.05) is 0 Å². The maximum atomic E-state index is 13.1. The predicted molar refractivity (Wildman–Crippen MR) is 106 cm³/mol. The summed E-state index contributed by atoms with van der Waals surface area (Å²) < 4.78 is 5.31. The number of hydrogen-bond acceptors (Lipinski definition) is 9. The number of nitriles is 1. The van der Waals surface area contributed by atoms with Gasteiger partial charge in [0.1, 0.15) is 22.5 Å². The SMILES string of the molecule is N#COCC1CCN(C(=O)c2csc3c(N=O)nc(-c4ccccn4)nc23)CC1. The van der Waals surface area contributed by atoms with Crippen LogP contribution in [0, 0.1) is 22.3 Å². The number of amides is 1. The summed E-state index contributed by atoms with van der Waals surface area (Å²) in [5.41, 5.74) is 1.35. The van der Waals surface area contributed by atoms with Gasteiger partial charge in [0.2, 0.25) is 5.82 Å². The molecule has 4 rings (SSSR count). The van der Waals surface area contributed by atoms with E-state index in [1.54, 1.807) is 40.9 Å². The quantitative estimate of drug-likeness (QED) is 0.468. The molecule has 3 aromatic rings. The van der Waals surface area contributed by atoms with Crippen molar-refractivity contribution < 1.29 is 9.53 Å². The van der Waals surface area contributed by atoms with Gasteiger partial charge in [-0.25, -0.2) is 9.97 Å². The molecule has 1 saturated heterocycles. The average Bonchev–Trinajstić information content (AvgIpc) is 3.21. The van der Waals surface area contributed by atoms with E-state index in [-0.39, 0.29) is 23.5 Å². The highest BCUT2D eigenvalue weighted by atomic mass is 32.1. The zero-order chi connectivity index (χ0) is 20.2. The number of fused-ring (bicyclic) bond motifs is 1. The van der Waals surface area contributed by atoms with Crippen LogP contribution in [-0.4, -0.2) is 45.5 Å². The lowest BCUT2D eigenvalue weighted by atomic mass is 9.97. The summed E-state index contributed by atoms with van der Waals surface area (Å²) in [6, 6.07) is 5.30. The topological polar surface area (TPSA) is 121 Å². The third-order valence-corrected chi connectivity index (χ3v) is 5.86. The molecule has 10 heteroatoms. The molecule has 0 bridgehead atoms. The second-order valence-corrected chi connectivity index (χ2v) is 7.52. The molecular weight excluding hydrogens is 392 g/mol. The van der Waals surface area contributed by atoms with Crippen molar-refractivity contribution in [3.63, 3.8) is 0 Å². The van der Waals surface area contributed by atoms with Crippen LogP contribution in [0.5, 0.6) is 0 Å². The Labute approximate surface area is 170 Å². The molecule has 3 aromatic heterocycles. The van der Waals surface area contributed by atoms with Gasteiger partial charge in [-0.3, -0.25) is 9.78 Å². The molecule has 0 radical (unpaired) electrons. The first-order chi connectivity index (χ1) is 14.2. The minimum absolute atomic E-state index is 0.00654. The number of thiophene rings is 1. The molecule has 9 nitrogen and oxygen atoms in total. The van der Waals surface area contributed by atoms with E-state index in [0.29, 0.717) is 41.2 Å². The highest BCUT2D eigenvalue weighted by Crippen LogP contribution is 2.34. The molecule has 0 atom stereocenters. The minimum Gasteiger partial charge on any atom is -0.427 e. The van der Waals surface area contributed by atoms with Crippen LogP contribution in [0.4, 0.5) is 5.82 Å². The second-order valence-electron chi connectivity index (χ2n) is 6.64. The summed E-state index contributed by atoms with van der Waals surface area (Å²) in [6.45, 7) is 1.54. The van der Waals surface area contributed by atoms with E-state index in [9.17, 15) is 9.70 Å². The number of pyridine rings is 1. The van der Waals surface area contributed by atoms with E-state index in [0.717, 1.165) is 12.8 Å². The summed E-state index contributed by atoms with van der Waals surface area (Å²) in [5.74, 6) is 0.389. The van der Waals surface area contributed by atoms with Gasteiger partial charge in [0.25, 0.3) is 12.2 Å². The average molecular weight is 408 g/mol. The van der Waals surface area contributed by atoms with E-state index >= 15 is 0 Å². The third kappa shape index (κ3) is 3.77. The number of carbonyl (C=O) groups is 1. The minimum atomic E-state index is -0.140. The van der Waals surface area contributed by atoms with Crippen molar-refractivity contribution in [2.24, 2.45) is 11.1 Å². The monoisotopic (exact) mass is 408 g/mol. The van der Waals surface area contributed by atoms with Crippen molar-refractivity contribution in [1.29, 1.82) is 5.26 Å². The van der Waals surface area contributed by atoms with Gasteiger partial charge in [-0.15, -0.1) is 16.2 Å². The van der Waals surface area contributed by atoms with E-state index in [2.05, 4.69) is 20.1 Å². The Hall–Kier alpha value is -3.45. The molecule has 0 aliphatic carbocycles. The first kappa shape index (κ1) is 18.9. The summed E-state index contributed by atoms with van der Waals surface area (Å²) in [4.78, 5) is 39.1. The molecule has 1 amide bonds. The van der Waals surface area contributed by atoms with Crippen LogP contribution >= 0.6 is 11.3 Å². The van der Waals surface area contributed by atoms with Gasteiger partial charge < -0.3 is 9.64 Å². The van der Waals surface area contributed by atoms with Crippen molar-refractivity contribution in [3.8, 4) is 17.8 Å². The van der Waals surface area contributed by atoms with Crippen LogP contribution in [0.25, 0.3) is 21.7 Å². The zero-order valence-electron chi connectivity index (χ0n) is 15.3. The van der Waals surface area contributed by atoms with Gasteiger partial charge in [-0.05, 0) is 36.1 Å². The second kappa shape index (κ2) is 8.28. The fourth-order valence-corrected chi connectivity index (χ4v) is 4.26. The Morgan fingerprint density at radius 2 is 2.17 bits per heavy atom. The summed E-state index contributed by atoms with van der Waals surface area (Å²) in [5, 5.41) is 13.3. The highest BCUT2D eigenvalue weighted by Gasteiger charge is 2.27. The normalized spacial score (nSPS) is 14.5. The molecule has 1 aliphatic heterocycles. The number of nitrogens with zero attached hydrogens (tertiary/aromatic N) is 6. The van der Waals surface area contributed by atoms with Gasteiger partial charge in [0.15, 0.2) is 5.82 Å².